The van der Waals surface area contributed by atoms with Crippen LogP contribution in [0.5, 0.6) is 5.75 Å². The molecule has 1 aliphatic heterocycles. The van der Waals surface area contributed by atoms with Crippen LogP contribution in [0.1, 0.15) is 12.0 Å². The highest BCUT2D eigenvalue weighted by molar-refractivity contribution is 6.30. The number of methoxy groups -OCH3 is 1. The maximum atomic E-state index is 12.5. The van der Waals surface area contributed by atoms with Gasteiger partial charge in [-0.15, -0.1) is 0 Å². The Morgan fingerprint density at radius 1 is 1.08 bits per heavy atom. The smallest absolute Gasteiger partial charge is 0.246 e. The van der Waals surface area contributed by atoms with Crippen molar-refractivity contribution in [3.8, 4) is 5.75 Å². The number of hydrogen-bond acceptors (Lipinski definition) is 3. The molecule has 0 N–H and O–H groups in total. The molecular formula is C21H23ClN2O2. The Balaban J connectivity index is 1.59. The molecule has 0 saturated carbocycles. The number of nitrogens with zero attached hydrogens (tertiary/aromatic N) is 2. The summed E-state index contributed by atoms with van der Waals surface area (Å²) >= 11 is 5.98. The number of halogens is 1. The van der Waals surface area contributed by atoms with Crippen molar-refractivity contribution in [2.24, 2.45) is 0 Å². The highest BCUT2D eigenvalue weighted by atomic mass is 35.5. The van der Waals surface area contributed by atoms with Crippen LogP contribution >= 0.6 is 11.6 Å². The Morgan fingerprint density at radius 3 is 2.62 bits per heavy atom. The maximum absolute atomic E-state index is 12.5. The molecule has 1 heterocycles. The number of ether oxygens (including phenoxy) is 1. The van der Waals surface area contributed by atoms with Gasteiger partial charge in [0.2, 0.25) is 5.91 Å². The van der Waals surface area contributed by atoms with Gasteiger partial charge in [0.25, 0.3) is 0 Å². The zero-order valence-corrected chi connectivity index (χ0v) is 15.7. The first-order chi connectivity index (χ1) is 12.7. The lowest BCUT2D eigenvalue weighted by Crippen LogP contribution is -2.34. The first kappa shape index (κ1) is 18.3. The molecule has 1 amide bonds. The van der Waals surface area contributed by atoms with E-state index in [4.69, 9.17) is 16.3 Å². The zero-order chi connectivity index (χ0) is 18.4. The molecule has 136 valence electrons. The number of rotatable bonds is 4. The van der Waals surface area contributed by atoms with E-state index in [1.54, 1.807) is 13.2 Å². The summed E-state index contributed by atoms with van der Waals surface area (Å²) in [5.41, 5.74) is 2.09. The second-order valence-corrected chi connectivity index (χ2v) is 6.69. The van der Waals surface area contributed by atoms with Gasteiger partial charge < -0.3 is 14.5 Å². The number of amides is 1. The van der Waals surface area contributed by atoms with Crippen LogP contribution in [-0.2, 0) is 4.79 Å². The van der Waals surface area contributed by atoms with E-state index in [2.05, 4.69) is 17.0 Å². The summed E-state index contributed by atoms with van der Waals surface area (Å²) < 4.78 is 5.21. The van der Waals surface area contributed by atoms with Gasteiger partial charge >= 0.3 is 0 Å². The topological polar surface area (TPSA) is 32.8 Å². The van der Waals surface area contributed by atoms with Crippen molar-refractivity contribution in [2.45, 2.75) is 6.42 Å². The van der Waals surface area contributed by atoms with Crippen molar-refractivity contribution in [3.05, 3.63) is 65.2 Å². The molecule has 3 rings (SSSR count). The molecule has 26 heavy (non-hydrogen) atoms. The third kappa shape index (κ3) is 4.79. The molecule has 2 aromatic carbocycles. The molecule has 0 aromatic heterocycles. The van der Waals surface area contributed by atoms with E-state index in [0.717, 1.165) is 43.1 Å². The average Bonchev–Trinajstić information content (AvgIpc) is 2.92. The Kier molecular flexibility index (Phi) is 6.18. The molecule has 1 aliphatic rings. The lowest BCUT2D eigenvalue weighted by atomic mass is 10.2. The molecular weight excluding hydrogens is 348 g/mol. The second kappa shape index (κ2) is 8.77. The summed E-state index contributed by atoms with van der Waals surface area (Å²) in [7, 11) is 1.67. The second-order valence-electron chi connectivity index (χ2n) is 6.25. The van der Waals surface area contributed by atoms with E-state index in [0.29, 0.717) is 11.6 Å². The molecule has 4 nitrogen and oxygen atoms in total. The van der Waals surface area contributed by atoms with Crippen molar-refractivity contribution in [3.63, 3.8) is 0 Å². The molecule has 5 heteroatoms. The van der Waals surface area contributed by atoms with E-state index >= 15 is 0 Å². The van der Waals surface area contributed by atoms with Gasteiger partial charge in [-0.1, -0.05) is 23.7 Å². The Hall–Kier alpha value is -2.46. The van der Waals surface area contributed by atoms with Crippen LogP contribution in [0.2, 0.25) is 5.02 Å². The molecule has 0 unspecified atom stereocenters. The minimum atomic E-state index is 0.0431. The van der Waals surface area contributed by atoms with Crippen LogP contribution in [0.4, 0.5) is 5.69 Å². The Bertz CT molecular complexity index is 774. The summed E-state index contributed by atoms with van der Waals surface area (Å²) in [5, 5.41) is 0.671. The molecule has 2 aromatic rings. The molecule has 0 aliphatic carbocycles. The van der Waals surface area contributed by atoms with Gasteiger partial charge in [0.15, 0.2) is 0 Å². The van der Waals surface area contributed by atoms with E-state index < -0.39 is 0 Å². The SMILES string of the molecule is COc1ccc(N2CCCN(C(=O)/C=C/c3cccc(Cl)c3)CC2)cc1. The van der Waals surface area contributed by atoms with Gasteiger partial charge in [0, 0.05) is 43.0 Å². The highest BCUT2D eigenvalue weighted by Crippen LogP contribution is 2.20. The Morgan fingerprint density at radius 2 is 1.88 bits per heavy atom. The van der Waals surface area contributed by atoms with Crippen LogP contribution in [0.3, 0.4) is 0 Å². The normalized spacial score (nSPS) is 15.2. The van der Waals surface area contributed by atoms with Gasteiger partial charge in [0.05, 0.1) is 7.11 Å². The minimum absolute atomic E-state index is 0.0431. The van der Waals surface area contributed by atoms with E-state index in [-0.39, 0.29) is 5.91 Å². The van der Waals surface area contributed by atoms with Crippen molar-refractivity contribution < 1.29 is 9.53 Å². The quantitative estimate of drug-likeness (QED) is 0.759. The third-order valence-electron chi connectivity index (χ3n) is 4.51. The summed E-state index contributed by atoms with van der Waals surface area (Å²) in [6, 6.07) is 15.6. The fourth-order valence-corrected chi connectivity index (χ4v) is 3.27. The highest BCUT2D eigenvalue weighted by Gasteiger charge is 2.17. The average molecular weight is 371 g/mol. The van der Waals surface area contributed by atoms with Crippen molar-refractivity contribution in [1.29, 1.82) is 0 Å². The van der Waals surface area contributed by atoms with Crippen molar-refractivity contribution in [2.75, 3.05) is 38.2 Å². The fourth-order valence-electron chi connectivity index (χ4n) is 3.07. The number of anilines is 1. The van der Waals surface area contributed by atoms with Crippen LogP contribution in [0.15, 0.2) is 54.6 Å². The largest absolute Gasteiger partial charge is 0.497 e. The van der Waals surface area contributed by atoms with Gasteiger partial charge in [0.1, 0.15) is 5.75 Å². The van der Waals surface area contributed by atoms with Gasteiger partial charge in [-0.2, -0.15) is 0 Å². The molecule has 1 saturated heterocycles. The molecule has 0 spiro atoms. The predicted octanol–water partition coefficient (Wildman–Crippen LogP) is 4.10. The lowest BCUT2D eigenvalue weighted by Gasteiger charge is -2.23. The standard InChI is InChI=1S/C21H23ClN2O2/c1-26-20-9-7-19(8-10-20)23-12-3-13-24(15-14-23)21(25)11-6-17-4-2-5-18(22)16-17/h2,4-11,16H,3,12-15H2,1H3/b11-6+. The summed E-state index contributed by atoms with van der Waals surface area (Å²) in [4.78, 5) is 16.7. The minimum Gasteiger partial charge on any atom is -0.497 e. The first-order valence-electron chi connectivity index (χ1n) is 8.77. The van der Waals surface area contributed by atoms with Gasteiger partial charge in [-0.25, -0.2) is 0 Å². The predicted molar refractivity (Wildman–Crippen MR) is 107 cm³/mol. The zero-order valence-electron chi connectivity index (χ0n) is 14.9. The monoisotopic (exact) mass is 370 g/mol. The van der Waals surface area contributed by atoms with Crippen LogP contribution < -0.4 is 9.64 Å². The van der Waals surface area contributed by atoms with E-state index in [1.807, 2.05) is 47.4 Å². The van der Waals surface area contributed by atoms with Crippen LogP contribution in [0.25, 0.3) is 6.08 Å². The van der Waals surface area contributed by atoms with Crippen molar-refractivity contribution >= 4 is 29.3 Å². The number of carbonyl (C=O) groups is 1. The summed E-state index contributed by atoms with van der Waals surface area (Å²) in [6.07, 6.45) is 4.40. The summed E-state index contributed by atoms with van der Waals surface area (Å²) in [5.74, 6) is 0.896. The molecule has 1 fully saturated rings. The third-order valence-corrected chi connectivity index (χ3v) is 4.75. The molecule has 0 radical (unpaired) electrons. The lowest BCUT2D eigenvalue weighted by molar-refractivity contribution is -0.125. The maximum Gasteiger partial charge on any atom is 0.246 e. The van der Waals surface area contributed by atoms with Crippen LogP contribution in [-0.4, -0.2) is 44.1 Å². The first-order valence-corrected chi connectivity index (χ1v) is 9.15. The van der Waals surface area contributed by atoms with E-state index in [9.17, 15) is 4.79 Å². The van der Waals surface area contributed by atoms with E-state index in [1.165, 1.54) is 0 Å². The number of benzene rings is 2. The van der Waals surface area contributed by atoms with Crippen molar-refractivity contribution in [1.82, 2.24) is 4.90 Å². The van der Waals surface area contributed by atoms with Crippen LogP contribution in [0, 0.1) is 0 Å². The van der Waals surface area contributed by atoms with Gasteiger partial charge in [-0.05, 0) is 54.5 Å². The number of hydrogen-bond donors (Lipinski definition) is 0. The fraction of sp³-hybridized carbons (Fsp3) is 0.286. The number of carbonyl (C=O) groups excluding carboxylic acids is 1. The summed E-state index contributed by atoms with van der Waals surface area (Å²) in [6.45, 7) is 3.24. The molecule has 0 bridgehead atoms. The Labute approximate surface area is 159 Å². The van der Waals surface area contributed by atoms with Gasteiger partial charge in [-0.3, -0.25) is 4.79 Å². The molecule has 0 atom stereocenters.